The van der Waals surface area contributed by atoms with E-state index >= 15 is 0 Å². The highest BCUT2D eigenvalue weighted by atomic mass is 14.3. The molecule has 0 radical (unpaired) electrons. The summed E-state index contributed by atoms with van der Waals surface area (Å²) in [7, 11) is 0. The molecule has 1 rings (SSSR count). The van der Waals surface area contributed by atoms with E-state index in [2.05, 4.69) is 72.7 Å². The maximum atomic E-state index is 2.36. The van der Waals surface area contributed by atoms with Gasteiger partial charge in [0.2, 0.25) is 0 Å². The van der Waals surface area contributed by atoms with Crippen LogP contribution >= 0.6 is 0 Å². The third-order valence-corrected chi connectivity index (χ3v) is 3.82. The minimum atomic E-state index is 0.288. The standard InChI is InChI=1S/C19H32/c1-15(2)14-19(6,7)17-10-8-16(9-11-17)12-13-18(3,4)5/h8-11,15H,12-14H2,1-7H3. The molecule has 1 aromatic carbocycles. The summed E-state index contributed by atoms with van der Waals surface area (Å²) in [6, 6.07) is 9.31. The Bertz CT molecular complexity index is 373. The number of hydrogen-bond acceptors (Lipinski definition) is 0. The van der Waals surface area contributed by atoms with Crippen molar-refractivity contribution >= 4 is 0 Å². The molecule has 0 saturated carbocycles. The fourth-order valence-electron chi connectivity index (χ4n) is 2.78. The van der Waals surface area contributed by atoms with Gasteiger partial charge in [-0.2, -0.15) is 0 Å². The molecule has 0 spiro atoms. The van der Waals surface area contributed by atoms with Gasteiger partial charge in [0.15, 0.2) is 0 Å². The molecule has 0 unspecified atom stereocenters. The Morgan fingerprint density at radius 2 is 1.42 bits per heavy atom. The molecule has 0 atom stereocenters. The summed E-state index contributed by atoms with van der Waals surface area (Å²) in [5.74, 6) is 0.746. The van der Waals surface area contributed by atoms with Crippen LogP contribution in [-0.2, 0) is 11.8 Å². The van der Waals surface area contributed by atoms with Gasteiger partial charge >= 0.3 is 0 Å². The Morgan fingerprint density at radius 1 is 0.895 bits per heavy atom. The lowest BCUT2D eigenvalue weighted by Crippen LogP contribution is -2.19. The van der Waals surface area contributed by atoms with Crippen LogP contribution in [0.4, 0.5) is 0 Å². The third kappa shape index (κ3) is 5.80. The summed E-state index contributed by atoms with van der Waals surface area (Å²) in [6.45, 7) is 16.3. The van der Waals surface area contributed by atoms with Crippen molar-refractivity contribution in [3.8, 4) is 0 Å². The van der Waals surface area contributed by atoms with Gasteiger partial charge in [-0.25, -0.2) is 0 Å². The first-order chi connectivity index (χ1) is 8.60. The number of rotatable bonds is 5. The molecule has 0 heterocycles. The van der Waals surface area contributed by atoms with Crippen LogP contribution in [0.15, 0.2) is 24.3 Å². The Kier molecular flexibility index (Phi) is 5.24. The topological polar surface area (TPSA) is 0 Å². The van der Waals surface area contributed by atoms with E-state index in [-0.39, 0.29) is 5.41 Å². The first-order valence-electron chi connectivity index (χ1n) is 7.69. The molecule has 0 aliphatic heterocycles. The van der Waals surface area contributed by atoms with Gasteiger partial charge < -0.3 is 0 Å². The van der Waals surface area contributed by atoms with Crippen molar-refractivity contribution in [3.05, 3.63) is 35.4 Å². The zero-order valence-corrected chi connectivity index (χ0v) is 14.0. The molecule has 0 aliphatic carbocycles. The van der Waals surface area contributed by atoms with Crippen molar-refractivity contribution in [2.75, 3.05) is 0 Å². The summed E-state index contributed by atoms with van der Waals surface area (Å²) >= 11 is 0. The zero-order valence-electron chi connectivity index (χ0n) is 14.0. The van der Waals surface area contributed by atoms with Crippen LogP contribution in [0.3, 0.4) is 0 Å². The minimum Gasteiger partial charge on any atom is -0.0627 e. The van der Waals surface area contributed by atoms with Crippen LogP contribution in [0.5, 0.6) is 0 Å². The van der Waals surface area contributed by atoms with Gasteiger partial charge in [0.05, 0.1) is 0 Å². The van der Waals surface area contributed by atoms with Crippen molar-refractivity contribution < 1.29 is 0 Å². The lowest BCUT2D eigenvalue weighted by Gasteiger charge is -2.27. The van der Waals surface area contributed by atoms with Crippen molar-refractivity contribution in [2.24, 2.45) is 11.3 Å². The molecule has 1 aromatic rings. The molecule has 19 heavy (non-hydrogen) atoms. The molecule has 0 amide bonds. The van der Waals surface area contributed by atoms with Gasteiger partial charge in [0.1, 0.15) is 0 Å². The molecular formula is C19H32. The lowest BCUT2D eigenvalue weighted by molar-refractivity contribution is 0.378. The molecule has 0 bridgehead atoms. The van der Waals surface area contributed by atoms with Crippen LogP contribution in [0.2, 0.25) is 0 Å². The average molecular weight is 260 g/mol. The molecule has 0 saturated heterocycles. The van der Waals surface area contributed by atoms with Crippen LogP contribution in [0.25, 0.3) is 0 Å². The van der Waals surface area contributed by atoms with Crippen molar-refractivity contribution in [1.82, 2.24) is 0 Å². The van der Waals surface area contributed by atoms with Gasteiger partial charge in [-0.15, -0.1) is 0 Å². The molecular weight excluding hydrogens is 228 g/mol. The summed E-state index contributed by atoms with van der Waals surface area (Å²) in [6.07, 6.45) is 3.68. The van der Waals surface area contributed by atoms with Gasteiger partial charge in [0, 0.05) is 0 Å². The highest BCUT2D eigenvalue weighted by molar-refractivity contribution is 5.28. The van der Waals surface area contributed by atoms with E-state index in [1.54, 1.807) is 0 Å². The van der Waals surface area contributed by atoms with Crippen LogP contribution in [0, 0.1) is 11.3 Å². The molecule has 0 nitrogen and oxygen atoms in total. The molecule has 0 fully saturated rings. The number of aryl methyl sites for hydroxylation is 1. The van der Waals surface area contributed by atoms with Crippen LogP contribution < -0.4 is 0 Å². The van der Waals surface area contributed by atoms with Gasteiger partial charge in [0.25, 0.3) is 0 Å². The van der Waals surface area contributed by atoms with Gasteiger partial charge in [-0.3, -0.25) is 0 Å². The van der Waals surface area contributed by atoms with Crippen molar-refractivity contribution in [1.29, 1.82) is 0 Å². The van der Waals surface area contributed by atoms with Gasteiger partial charge in [-0.05, 0) is 47.1 Å². The summed E-state index contributed by atoms with van der Waals surface area (Å²) in [5, 5.41) is 0. The number of benzene rings is 1. The van der Waals surface area contributed by atoms with E-state index in [0.717, 1.165) is 5.92 Å². The first kappa shape index (κ1) is 16.3. The van der Waals surface area contributed by atoms with E-state index in [9.17, 15) is 0 Å². The fraction of sp³-hybridized carbons (Fsp3) is 0.684. The van der Waals surface area contributed by atoms with Gasteiger partial charge in [-0.1, -0.05) is 72.7 Å². The molecule has 0 heteroatoms. The van der Waals surface area contributed by atoms with E-state index in [0.29, 0.717) is 5.41 Å². The fourth-order valence-corrected chi connectivity index (χ4v) is 2.78. The molecule has 0 aliphatic rings. The van der Waals surface area contributed by atoms with E-state index < -0.39 is 0 Å². The largest absolute Gasteiger partial charge is 0.0627 e. The van der Waals surface area contributed by atoms with Crippen LogP contribution in [0.1, 0.15) is 72.4 Å². The maximum absolute atomic E-state index is 2.36. The second kappa shape index (κ2) is 6.11. The second-order valence-corrected chi connectivity index (χ2v) is 8.24. The highest BCUT2D eigenvalue weighted by Crippen LogP contribution is 2.31. The monoisotopic (exact) mass is 260 g/mol. The summed E-state index contributed by atoms with van der Waals surface area (Å²) < 4.78 is 0. The SMILES string of the molecule is CC(C)CC(C)(C)c1ccc(CCC(C)(C)C)cc1. The van der Waals surface area contributed by atoms with Crippen molar-refractivity contribution in [3.63, 3.8) is 0 Å². The highest BCUT2D eigenvalue weighted by Gasteiger charge is 2.21. The normalized spacial score (nSPS) is 13.1. The maximum Gasteiger partial charge on any atom is -0.0101 e. The van der Waals surface area contributed by atoms with E-state index in [1.807, 2.05) is 0 Å². The lowest BCUT2D eigenvalue weighted by atomic mass is 9.77. The summed E-state index contributed by atoms with van der Waals surface area (Å²) in [5.41, 5.74) is 3.66. The average Bonchev–Trinajstić information content (AvgIpc) is 2.24. The zero-order chi connectivity index (χ0) is 14.7. The Morgan fingerprint density at radius 3 is 1.84 bits per heavy atom. The summed E-state index contributed by atoms with van der Waals surface area (Å²) in [4.78, 5) is 0. The Balaban J connectivity index is 2.71. The number of hydrogen-bond donors (Lipinski definition) is 0. The smallest absolute Gasteiger partial charge is 0.0101 e. The van der Waals surface area contributed by atoms with Crippen molar-refractivity contribution in [2.45, 2.75) is 73.1 Å². The predicted molar refractivity (Wildman–Crippen MR) is 86.7 cm³/mol. The predicted octanol–water partition coefficient (Wildman–Crippen LogP) is 5.99. The molecule has 0 aromatic heterocycles. The third-order valence-electron chi connectivity index (χ3n) is 3.82. The Hall–Kier alpha value is -0.780. The van der Waals surface area contributed by atoms with E-state index in [1.165, 1.54) is 30.4 Å². The Labute approximate surface area is 120 Å². The first-order valence-corrected chi connectivity index (χ1v) is 7.69. The van der Waals surface area contributed by atoms with E-state index in [4.69, 9.17) is 0 Å². The van der Waals surface area contributed by atoms with Crippen LogP contribution in [-0.4, -0.2) is 0 Å². The minimum absolute atomic E-state index is 0.288. The second-order valence-electron chi connectivity index (χ2n) is 8.24. The molecule has 108 valence electrons. The molecule has 0 N–H and O–H groups in total. The quantitative estimate of drug-likeness (QED) is 0.610.